The smallest absolute Gasteiger partial charge is 0.402 e. The third-order valence-electron chi connectivity index (χ3n) is 6.65. The summed E-state index contributed by atoms with van der Waals surface area (Å²) < 4.78 is 30.6. The maximum Gasteiger partial charge on any atom is 0.527 e. The van der Waals surface area contributed by atoms with Crippen LogP contribution < -0.4 is 21.5 Å². The number of halogens is 2. The van der Waals surface area contributed by atoms with Crippen molar-refractivity contribution < 1.29 is 28.3 Å². The number of aromatic nitrogens is 3. The lowest BCUT2D eigenvalue weighted by atomic mass is 9.97. The van der Waals surface area contributed by atoms with Crippen molar-refractivity contribution in [1.82, 2.24) is 14.5 Å². The highest BCUT2D eigenvalue weighted by Gasteiger charge is 2.42. The first kappa shape index (κ1) is 30.0. The number of nitrogens with one attached hydrogen (secondary N) is 2. The van der Waals surface area contributed by atoms with Crippen molar-refractivity contribution in [2.45, 2.75) is 69.9 Å². The van der Waals surface area contributed by atoms with Gasteiger partial charge in [-0.2, -0.15) is 0 Å². The van der Waals surface area contributed by atoms with Crippen LogP contribution in [0, 0.1) is 6.92 Å². The Kier molecular flexibility index (Phi) is 9.77. The monoisotopic (exact) mass is 648 g/mol. The number of H-pyrrole nitrogens is 2. The molecular formula is C24H31BrClN4O8P. The summed E-state index contributed by atoms with van der Waals surface area (Å²) in [5.74, 6) is 0.000580. The van der Waals surface area contributed by atoms with Crippen molar-refractivity contribution in [3.63, 3.8) is 0 Å². The summed E-state index contributed by atoms with van der Waals surface area (Å²) in [5.41, 5.74) is 5.24. The van der Waals surface area contributed by atoms with Gasteiger partial charge in [-0.25, -0.2) is 9.36 Å². The summed E-state index contributed by atoms with van der Waals surface area (Å²) >= 11 is 9.56. The number of aromatic amines is 2. The average molecular weight is 650 g/mol. The molecule has 2 fully saturated rings. The van der Waals surface area contributed by atoms with Crippen molar-refractivity contribution in [2.24, 2.45) is 5.73 Å². The molecule has 12 nitrogen and oxygen atoms in total. The number of aryl methyl sites for hydroxylation is 1. The summed E-state index contributed by atoms with van der Waals surface area (Å²) in [6, 6.07) is 3.96. The van der Waals surface area contributed by atoms with Crippen molar-refractivity contribution in [3.05, 3.63) is 60.4 Å². The van der Waals surface area contributed by atoms with E-state index in [-0.39, 0.29) is 22.8 Å². The lowest BCUT2D eigenvalue weighted by molar-refractivity contribution is -0.0450. The Bertz CT molecular complexity index is 1470. The first-order chi connectivity index (χ1) is 18.5. The van der Waals surface area contributed by atoms with Gasteiger partial charge in [0.05, 0.1) is 22.5 Å². The highest BCUT2D eigenvalue weighted by Crippen LogP contribution is 2.51. The Labute approximate surface area is 237 Å². The van der Waals surface area contributed by atoms with E-state index >= 15 is 0 Å². The highest BCUT2D eigenvalue weighted by atomic mass is 79.9. The van der Waals surface area contributed by atoms with Crippen molar-refractivity contribution in [2.75, 3.05) is 6.61 Å². The van der Waals surface area contributed by atoms with Crippen LogP contribution in [-0.4, -0.2) is 49.4 Å². The molecule has 6 N–H and O–H groups in total. The Balaban J connectivity index is 0.000000438. The summed E-state index contributed by atoms with van der Waals surface area (Å²) in [4.78, 5) is 39.1. The Morgan fingerprint density at radius 2 is 2.00 bits per heavy atom. The zero-order chi connectivity index (χ0) is 28.3. The van der Waals surface area contributed by atoms with Gasteiger partial charge < -0.3 is 25.1 Å². The molecule has 3 aromatic rings. The highest BCUT2D eigenvalue weighted by molar-refractivity contribution is 9.10. The third-order valence-corrected chi connectivity index (χ3v) is 8.90. The van der Waals surface area contributed by atoms with Gasteiger partial charge in [0.15, 0.2) is 5.75 Å². The minimum absolute atomic E-state index is 0.000580. The van der Waals surface area contributed by atoms with Crippen LogP contribution in [0.25, 0.3) is 10.9 Å². The van der Waals surface area contributed by atoms with E-state index in [9.17, 15) is 24.2 Å². The van der Waals surface area contributed by atoms with E-state index in [2.05, 4.69) is 25.9 Å². The molecule has 2 aromatic heterocycles. The van der Waals surface area contributed by atoms with E-state index in [0.717, 1.165) is 4.57 Å². The topological polar surface area (TPSA) is 182 Å². The number of ether oxygens (including phenoxy) is 1. The number of fused-ring (bicyclic) bond motifs is 1. The van der Waals surface area contributed by atoms with Gasteiger partial charge in [-0.15, -0.1) is 0 Å². The molecule has 15 heteroatoms. The summed E-state index contributed by atoms with van der Waals surface area (Å²) in [6.07, 6.45) is 6.27. The van der Waals surface area contributed by atoms with Gasteiger partial charge in [-0.3, -0.25) is 23.8 Å². The first-order valence-electron chi connectivity index (χ1n) is 12.5. The molecule has 0 amide bonds. The fraction of sp³-hybridized carbons (Fsp3) is 0.500. The molecule has 1 saturated carbocycles. The molecule has 4 atom stereocenters. The van der Waals surface area contributed by atoms with Gasteiger partial charge in [-0.1, -0.05) is 30.9 Å². The van der Waals surface area contributed by atoms with Gasteiger partial charge in [0.2, 0.25) is 0 Å². The molecule has 1 saturated heterocycles. The molecule has 5 rings (SSSR count). The molecule has 214 valence electrons. The average Bonchev–Trinajstić information content (AvgIpc) is 3.47. The number of nitrogens with zero attached hydrogens (tertiary/aromatic N) is 1. The lowest BCUT2D eigenvalue weighted by Gasteiger charge is -2.19. The molecule has 1 aliphatic heterocycles. The van der Waals surface area contributed by atoms with Gasteiger partial charge in [-0.05, 0) is 47.8 Å². The molecule has 1 aromatic carbocycles. The number of phosphoric acid groups is 1. The maximum absolute atomic E-state index is 12.7. The Morgan fingerprint density at radius 1 is 1.28 bits per heavy atom. The zero-order valence-corrected chi connectivity index (χ0v) is 24.4. The second kappa shape index (κ2) is 12.7. The second-order valence-corrected chi connectivity index (χ2v) is 12.1. The van der Waals surface area contributed by atoms with E-state index in [0.29, 0.717) is 21.4 Å². The Hall–Kier alpha value is -1.96. The molecule has 0 radical (unpaired) electrons. The number of benzene rings is 1. The lowest BCUT2D eigenvalue weighted by Crippen LogP contribution is -2.33. The Morgan fingerprint density at radius 3 is 2.64 bits per heavy atom. The summed E-state index contributed by atoms with van der Waals surface area (Å²) in [5, 5.41) is 10.3. The van der Waals surface area contributed by atoms with Crippen molar-refractivity contribution in [3.8, 4) is 5.75 Å². The maximum atomic E-state index is 12.7. The van der Waals surface area contributed by atoms with Crippen LogP contribution in [-0.2, 0) is 13.8 Å². The van der Waals surface area contributed by atoms with Gasteiger partial charge in [0, 0.05) is 34.9 Å². The number of hydrogen-bond acceptors (Lipinski definition) is 8. The van der Waals surface area contributed by atoms with Crippen LogP contribution in [0.4, 0.5) is 0 Å². The summed E-state index contributed by atoms with van der Waals surface area (Å²) in [7, 11) is -4.70. The minimum Gasteiger partial charge on any atom is -0.402 e. The van der Waals surface area contributed by atoms with Crippen LogP contribution in [0.2, 0.25) is 5.02 Å². The fourth-order valence-corrected chi connectivity index (χ4v) is 6.18. The summed E-state index contributed by atoms with van der Waals surface area (Å²) in [6.45, 7) is 0.978. The molecular weight excluding hydrogens is 619 g/mol. The predicted octanol–water partition coefficient (Wildman–Crippen LogP) is 3.86. The molecule has 3 heterocycles. The number of aliphatic hydroxyl groups is 1. The second-order valence-electron chi connectivity index (χ2n) is 9.56. The van der Waals surface area contributed by atoms with E-state index in [1.165, 1.54) is 51.4 Å². The van der Waals surface area contributed by atoms with E-state index < -0.39 is 44.1 Å². The van der Waals surface area contributed by atoms with Gasteiger partial charge in [0.1, 0.15) is 18.4 Å². The van der Waals surface area contributed by atoms with Gasteiger partial charge in [0.25, 0.3) is 5.56 Å². The van der Waals surface area contributed by atoms with E-state index in [4.69, 9.17) is 31.1 Å². The third kappa shape index (κ3) is 7.22. The number of hydrogen-bond donors (Lipinski definition) is 5. The van der Waals surface area contributed by atoms with Crippen LogP contribution >= 0.6 is 35.4 Å². The van der Waals surface area contributed by atoms with Crippen molar-refractivity contribution >= 4 is 46.3 Å². The first-order valence-corrected chi connectivity index (χ1v) is 15.2. The standard InChI is InChI=1S/C18H18BrClN3O8P.C6H13N/c1-8-6-23(18(26)22-17(8)25)14-4-11(13(7-24)29-14)30-32(27,28)31-12-5-21-10-3-2-9(19)16(20)15(10)12;7-6-4-2-1-3-5-6/h2-3,5-6,11,13-14,21,24H,4,7H2,1H3,(H,27,28)(H,22,25,26);6H,1-5,7H2/t11-,13+,14+;/m0./s1. The zero-order valence-electron chi connectivity index (χ0n) is 21.1. The molecule has 0 bridgehead atoms. The molecule has 0 spiro atoms. The molecule has 1 unspecified atom stereocenters. The molecule has 1 aliphatic carbocycles. The molecule has 39 heavy (non-hydrogen) atoms. The normalized spacial score (nSPS) is 23.3. The fourth-order valence-electron chi connectivity index (χ4n) is 4.60. The quantitative estimate of drug-likeness (QED) is 0.248. The SMILES string of the molecule is Cc1cn([C@H]2C[C@H](OP(=O)(O)Oc3c[nH]c4ccc(Br)c(Cl)c34)[C@@H](CO)O2)c(=O)[nH]c1=O.NC1CCCCC1. The number of nitrogens with two attached hydrogens (primary N) is 1. The number of phosphoric ester groups is 1. The van der Waals surface area contributed by atoms with Crippen LogP contribution in [0.15, 0.2) is 38.6 Å². The van der Waals surface area contributed by atoms with E-state index in [1.54, 1.807) is 12.1 Å². The van der Waals surface area contributed by atoms with Crippen LogP contribution in [0.3, 0.4) is 0 Å². The largest absolute Gasteiger partial charge is 0.527 e. The minimum atomic E-state index is -4.70. The van der Waals surface area contributed by atoms with E-state index in [1.807, 2.05) is 0 Å². The van der Waals surface area contributed by atoms with Crippen LogP contribution in [0.1, 0.15) is 50.3 Å². The predicted molar refractivity (Wildman–Crippen MR) is 149 cm³/mol. The van der Waals surface area contributed by atoms with Crippen LogP contribution in [0.5, 0.6) is 5.75 Å². The molecule has 2 aliphatic rings. The number of aliphatic hydroxyl groups excluding tert-OH is 1. The van der Waals surface area contributed by atoms with Crippen molar-refractivity contribution in [1.29, 1.82) is 0 Å². The van der Waals surface area contributed by atoms with Gasteiger partial charge >= 0.3 is 13.5 Å². The number of rotatable bonds is 6.